The number of hydrogen-bond donors (Lipinski definition) is 6. The van der Waals surface area contributed by atoms with Crippen LogP contribution in [-0.4, -0.2) is 69.1 Å². The fraction of sp³-hybridized carbons (Fsp3) is 0.500. The Morgan fingerprint density at radius 3 is 2.52 bits per heavy atom. The molecular formula is C10H15N5O10P2. The van der Waals surface area contributed by atoms with Crippen LogP contribution in [0.5, 0.6) is 0 Å². The molecule has 1 aliphatic heterocycles. The number of aliphatic hydroxyl groups excluding tert-OH is 1. The van der Waals surface area contributed by atoms with Gasteiger partial charge in [-0.05, 0) is 0 Å². The van der Waals surface area contributed by atoms with Gasteiger partial charge in [-0.25, -0.2) is 24.1 Å². The Kier molecular flexibility index (Phi) is 5.35. The second-order valence-electron chi connectivity index (χ2n) is 5.49. The number of rotatable bonds is 6. The number of fused-ring (bicyclic) bond motifs is 1. The van der Waals surface area contributed by atoms with Crippen LogP contribution < -0.4 is 5.73 Å². The molecular weight excluding hydrogens is 412 g/mol. The summed E-state index contributed by atoms with van der Waals surface area (Å²) in [5.41, 5.74) is 6.01. The molecule has 4 atom stereocenters. The molecule has 7 N–H and O–H groups in total. The molecule has 3 heterocycles. The number of anilines is 1. The Hall–Kier alpha value is -1.51. The van der Waals surface area contributed by atoms with Crippen LogP contribution in [0.2, 0.25) is 0 Å². The first-order valence-corrected chi connectivity index (χ1v) is 10.2. The summed E-state index contributed by atoms with van der Waals surface area (Å²) < 4.78 is 37.6. The van der Waals surface area contributed by atoms with E-state index in [0.29, 0.717) is 0 Å². The highest BCUT2D eigenvalue weighted by Crippen LogP contribution is 2.45. The summed E-state index contributed by atoms with van der Waals surface area (Å²) >= 11 is 0. The topological polar surface area (TPSA) is 233 Å². The molecule has 1 saturated heterocycles. The van der Waals surface area contributed by atoms with Crippen molar-refractivity contribution < 1.29 is 47.6 Å². The number of nitrogen functional groups attached to an aromatic ring is 1. The highest BCUT2D eigenvalue weighted by atomic mass is 31.2. The molecule has 0 saturated carbocycles. The van der Waals surface area contributed by atoms with Crippen molar-refractivity contribution in [2.45, 2.75) is 24.5 Å². The minimum atomic E-state index is -5.07. The molecule has 0 bridgehead atoms. The molecule has 150 valence electrons. The number of nitrogens with zero attached hydrogens (tertiary/aromatic N) is 4. The molecule has 0 aromatic carbocycles. The average molecular weight is 427 g/mol. The van der Waals surface area contributed by atoms with E-state index < -0.39 is 46.8 Å². The first kappa shape index (κ1) is 20.2. The fourth-order valence-electron chi connectivity index (χ4n) is 2.60. The standard InChI is InChI=1S/C10H15N5O10P2/c11-8-5-9(13-2-12-8)15(3-14-5)10-6(16)7(25-27(20,21)22)4(24-10)1-23-26(17,18)19/h2-4,6-7,10,16H,1H2,(H2,11,12,13)(H2,17,18,19)(H2,20,21,22)/t4-,6-,7+,10-/m1/s1. The minimum Gasteiger partial charge on any atom is -0.386 e. The highest BCUT2D eigenvalue weighted by Gasteiger charge is 2.49. The maximum absolute atomic E-state index is 11.2. The van der Waals surface area contributed by atoms with Crippen molar-refractivity contribution in [2.75, 3.05) is 12.3 Å². The molecule has 0 unspecified atom stereocenters. The summed E-state index contributed by atoms with van der Waals surface area (Å²) in [7, 11) is -9.98. The average Bonchev–Trinajstić information content (AvgIpc) is 3.07. The lowest BCUT2D eigenvalue weighted by atomic mass is 10.1. The molecule has 0 spiro atoms. The van der Waals surface area contributed by atoms with Gasteiger partial charge in [0.1, 0.15) is 30.2 Å². The van der Waals surface area contributed by atoms with Gasteiger partial charge in [0.2, 0.25) is 0 Å². The second kappa shape index (κ2) is 7.14. The molecule has 27 heavy (non-hydrogen) atoms. The smallest absolute Gasteiger partial charge is 0.386 e. The molecule has 1 aliphatic rings. The molecule has 0 radical (unpaired) electrons. The molecule has 0 amide bonds. The summed E-state index contributed by atoms with van der Waals surface area (Å²) in [6.45, 7) is -0.813. The van der Waals surface area contributed by atoms with Gasteiger partial charge in [-0.15, -0.1) is 0 Å². The monoisotopic (exact) mass is 427 g/mol. The molecule has 15 nitrogen and oxygen atoms in total. The van der Waals surface area contributed by atoms with Crippen molar-refractivity contribution in [1.29, 1.82) is 0 Å². The summed E-state index contributed by atoms with van der Waals surface area (Å²) in [4.78, 5) is 47.4. The SMILES string of the molecule is Nc1ncnc2c1ncn2[C@@H]1O[C@H](COP(=O)(O)O)[C@H](OP(=O)(O)O)[C@H]1O. The van der Waals surface area contributed by atoms with Crippen molar-refractivity contribution in [1.82, 2.24) is 19.5 Å². The van der Waals surface area contributed by atoms with Crippen LogP contribution in [0.4, 0.5) is 5.82 Å². The fourth-order valence-corrected chi connectivity index (χ4v) is 3.52. The van der Waals surface area contributed by atoms with E-state index in [1.807, 2.05) is 0 Å². The Labute approximate surface area is 150 Å². The summed E-state index contributed by atoms with van der Waals surface area (Å²) in [5, 5.41) is 10.4. The largest absolute Gasteiger partial charge is 0.470 e. The van der Waals surface area contributed by atoms with Gasteiger partial charge in [0, 0.05) is 0 Å². The zero-order valence-electron chi connectivity index (χ0n) is 13.2. The third kappa shape index (κ3) is 4.50. The van der Waals surface area contributed by atoms with Gasteiger partial charge in [0.25, 0.3) is 0 Å². The number of ether oxygens (including phenoxy) is 1. The number of aliphatic hydroxyl groups is 1. The van der Waals surface area contributed by atoms with E-state index in [1.165, 1.54) is 10.9 Å². The first-order chi connectivity index (χ1) is 12.5. The third-order valence-corrected chi connectivity index (χ3v) is 4.64. The molecule has 2 aromatic rings. The Morgan fingerprint density at radius 2 is 1.89 bits per heavy atom. The van der Waals surface area contributed by atoms with Crippen LogP contribution in [-0.2, 0) is 22.9 Å². The van der Waals surface area contributed by atoms with E-state index in [1.54, 1.807) is 0 Å². The van der Waals surface area contributed by atoms with Gasteiger partial charge in [0.05, 0.1) is 12.9 Å². The van der Waals surface area contributed by atoms with Gasteiger partial charge >= 0.3 is 15.6 Å². The quantitative estimate of drug-likeness (QED) is 0.281. The lowest BCUT2D eigenvalue weighted by Crippen LogP contribution is -2.35. The van der Waals surface area contributed by atoms with Gasteiger partial charge in [-0.2, -0.15) is 0 Å². The summed E-state index contributed by atoms with van der Waals surface area (Å²) in [6.07, 6.45) is -3.75. The van der Waals surface area contributed by atoms with E-state index >= 15 is 0 Å². The zero-order chi connectivity index (χ0) is 20.0. The van der Waals surface area contributed by atoms with Crippen molar-refractivity contribution in [3.05, 3.63) is 12.7 Å². The Bertz CT molecular complexity index is 926. The lowest BCUT2D eigenvalue weighted by molar-refractivity contribution is -0.0502. The predicted molar refractivity (Wildman–Crippen MR) is 84.6 cm³/mol. The van der Waals surface area contributed by atoms with E-state index in [-0.39, 0.29) is 17.0 Å². The number of hydrogen-bond acceptors (Lipinski definition) is 10. The summed E-state index contributed by atoms with van der Waals surface area (Å²) in [5.74, 6) is 0.0515. The van der Waals surface area contributed by atoms with Crippen LogP contribution in [0.25, 0.3) is 11.2 Å². The van der Waals surface area contributed by atoms with Crippen LogP contribution >= 0.6 is 15.6 Å². The highest BCUT2D eigenvalue weighted by molar-refractivity contribution is 7.46. The Morgan fingerprint density at radius 1 is 1.19 bits per heavy atom. The maximum atomic E-state index is 11.2. The van der Waals surface area contributed by atoms with Gasteiger partial charge < -0.3 is 35.2 Å². The number of phosphoric acid groups is 2. The van der Waals surface area contributed by atoms with Gasteiger partial charge in [-0.3, -0.25) is 13.6 Å². The number of nitrogens with two attached hydrogens (primary N) is 1. The second-order valence-corrected chi connectivity index (χ2v) is 7.92. The third-order valence-electron chi connectivity index (χ3n) is 3.64. The maximum Gasteiger partial charge on any atom is 0.470 e. The van der Waals surface area contributed by atoms with Crippen LogP contribution in [0.1, 0.15) is 6.23 Å². The normalized spacial score (nSPS) is 26.7. The van der Waals surface area contributed by atoms with E-state index in [2.05, 4.69) is 24.0 Å². The van der Waals surface area contributed by atoms with Crippen molar-refractivity contribution in [2.24, 2.45) is 0 Å². The predicted octanol–water partition coefficient (Wildman–Crippen LogP) is -1.75. The number of aromatic nitrogens is 4. The number of phosphoric ester groups is 2. The molecule has 2 aromatic heterocycles. The summed E-state index contributed by atoms with van der Waals surface area (Å²) in [6, 6.07) is 0. The van der Waals surface area contributed by atoms with Crippen molar-refractivity contribution >= 4 is 32.6 Å². The van der Waals surface area contributed by atoms with Crippen molar-refractivity contribution in [3.63, 3.8) is 0 Å². The van der Waals surface area contributed by atoms with E-state index in [0.717, 1.165) is 6.33 Å². The van der Waals surface area contributed by atoms with Gasteiger partial charge in [0.15, 0.2) is 17.7 Å². The van der Waals surface area contributed by atoms with Crippen molar-refractivity contribution in [3.8, 4) is 0 Å². The van der Waals surface area contributed by atoms with Gasteiger partial charge in [-0.1, -0.05) is 0 Å². The van der Waals surface area contributed by atoms with E-state index in [9.17, 15) is 14.2 Å². The lowest BCUT2D eigenvalue weighted by Gasteiger charge is -2.20. The molecule has 17 heteroatoms. The van der Waals surface area contributed by atoms with Crippen LogP contribution in [0.15, 0.2) is 12.7 Å². The zero-order valence-corrected chi connectivity index (χ0v) is 15.0. The van der Waals surface area contributed by atoms with Crippen LogP contribution in [0.3, 0.4) is 0 Å². The molecule has 3 rings (SSSR count). The first-order valence-electron chi connectivity index (χ1n) is 7.17. The number of imidazole rings is 1. The molecule has 0 aliphatic carbocycles. The van der Waals surface area contributed by atoms with E-state index in [4.69, 9.17) is 30.0 Å². The molecule has 1 fully saturated rings. The minimum absolute atomic E-state index is 0.0515. The van der Waals surface area contributed by atoms with Crippen LogP contribution in [0, 0.1) is 0 Å². The Balaban J connectivity index is 1.93.